The smallest absolute Gasteiger partial charge is 0.142 e. The van der Waals surface area contributed by atoms with Crippen LogP contribution in [0.1, 0.15) is 11.3 Å². The van der Waals surface area contributed by atoms with Crippen LogP contribution in [0.15, 0.2) is 12.3 Å². The van der Waals surface area contributed by atoms with Gasteiger partial charge in [0.25, 0.3) is 0 Å². The van der Waals surface area contributed by atoms with Crippen molar-refractivity contribution in [1.82, 2.24) is 4.98 Å². The first kappa shape index (κ1) is 9.68. The van der Waals surface area contributed by atoms with E-state index in [4.69, 9.17) is 10.7 Å². The summed E-state index contributed by atoms with van der Waals surface area (Å²) in [4.78, 5) is 3.86. The van der Waals surface area contributed by atoms with Crippen LogP contribution in [0.3, 0.4) is 0 Å². The summed E-state index contributed by atoms with van der Waals surface area (Å²) in [6, 6.07) is 3.53. The van der Waals surface area contributed by atoms with E-state index in [9.17, 15) is 0 Å². The van der Waals surface area contributed by atoms with Crippen LogP contribution in [0, 0.1) is 16.7 Å². The highest BCUT2D eigenvalue weighted by atomic mass is 79.9. The van der Waals surface area contributed by atoms with Gasteiger partial charge >= 0.3 is 0 Å². The van der Waals surface area contributed by atoms with Gasteiger partial charge in [-0.25, -0.2) is 4.98 Å². The highest BCUT2D eigenvalue weighted by molar-refractivity contribution is 9.18. The minimum absolute atomic E-state index is 0.244. The Hall–Kier alpha value is -1.41. The molecule has 0 saturated carbocycles. The maximum atomic E-state index is 8.58. The standard InChI is InChI=1S/C8H7BrN4/c1-12-7-2-5(3-10)13-4-6(7)8(9)11/h2,4,11H,1H3,(H,12,13). The number of pyridine rings is 1. The summed E-state index contributed by atoms with van der Waals surface area (Å²) in [6.07, 6.45) is 1.49. The molecule has 2 N–H and O–H groups in total. The number of nitrogens with one attached hydrogen (secondary N) is 2. The number of hydrogen-bond acceptors (Lipinski definition) is 4. The molecule has 0 radical (unpaired) electrons. The van der Waals surface area contributed by atoms with Crippen LogP contribution in [0.5, 0.6) is 0 Å². The Bertz CT molecular complexity index is 380. The molecule has 0 saturated heterocycles. The van der Waals surface area contributed by atoms with E-state index in [1.54, 1.807) is 13.1 Å². The fourth-order valence-electron chi connectivity index (χ4n) is 0.898. The molecule has 0 aliphatic carbocycles. The van der Waals surface area contributed by atoms with Crippen LogP contribution in [0.2, 0.25) is 0 Å². The zero-order valence-electron chi connectivity index (χ0n) is 6.93. The number of halogens is 1. The number of nitrogens with zero attached hydrogens (tertiary/aromatic N) is 2. The van der Waals surface area contributed by atoms with E-state index >= 15 is 0 Å². The molecule has 13 heavy (non-hydrogen) atoms. The van der Waals surface area contributed by atoms with E-state index in [-0.39, 0.29) is 4.62 Å². The molecule has 0 bridgehead atoms. The van der Waals surface area contributed by atoms with Gasteiger partial charge in [0, 0.05) is 24.5 Å². The van der Waals surface area contributed by atoms with Gasteiger partial charge in [-0.15, -0.1) is 0 Å². The number of rotatable bonds is 2. The van der Waals surface area contributed by atoms with Crippen molar-refractivity contribution in [3.63, 3.8) is 0 Å². The van der Waals surface area contributed by atoms with Crippen molar-refractivity contribution in [2.24, 2.45) is 0 Å². The van der Waals surface area contributed by atoms with E-state index in [0.717, 1.165) is 0 Å². The van der Waals surface area contributed by atoms with E-state index < -0.39 is 0 Å². The van der Waals surface area contributed by atoms with Crippen molar-refractivity contribution in [1.29, 1.82) is 10.7 Å². The van der Waals surface area contributed by atoms with Crippen LogP contribution in [-0.2, 0) is 0 Å². The third-order valence-corrected chi connectivity index (χ3v) is 1.95. The third kappa shape index (κ3) is 2.04. The SMILES string of the molecule is CNc1cc(C#N)ncc1C(=N)Br. The second-order valence-electron chi connectivity index (χ2n) is 2.29. The molecule has 0 aliphatic heterocycles. The van der Waals surface area contributed by atoms with Crippen molar-refractivity contribution in [3.05, 3.63) is 23.5 Å². The van der Waals surface area contributed by atoms with Gasteiger partial charge in [-0.2, -0.15) is 5.26 Å². The minimum atomic E-state index is 0.244. The predicted octanol–water partition coefficient (Wildman–Crippen LogP) is 1.72. The maximum Gasteiger partial charge on any atom is 0.142 e. The van der Waals surface area contributed by atoms with Crippen molar-refractivity contribution in [2.75, 3.05) is 12.4 Å². The summed E-state index contributed by atoms with van der Waals surface area (Å²) in [5.41, 5.74) is 1.69. The van der Waals surface area contributed by atoms with Crippen molar-refractivity contribution < 1.29 is 0 Å². The molecule has 0 aromatic carbocycles. The largest absolute Gasteiger partial charge is 0.387 e. The van der Waals surface area contributed by atoms with E-state index in [2.05, 4.69) is 26.2 Å². The van der Waals surface area contributed by atoms with Gasteiger partial charge in [-0.1, -0.05) is 0 Å². The highest BCUT2D eigenvalue weighted by Gasteiger charge is 2.05. The Morgan fingerprint density at radius 2 is 2.46 bits per heavy atom. The topological polar surface area (TPSA) is 72.6 Å². The lowest BCUT2D eigenvalue weighted by Gasteiger charge is -2.05. The summed E-state index contributed by atoms with van der Waals surface area (Å²) in [5, 5.41) is 18.8. The molecule has 1 aromatic heterocycles. The van der Waals surface area contributed by atoms with E-state index in [1.165, 1.54) is 6.20 Å². The molecule has 0 fully saturated rings. The molecule has 4 nitrogen and oxygen atoms in total. The number of hydrogen-bond donors (Lipinski definition) is 2. The lowest BCUT2D eigenvalue weighted by molar-refractivity contribution is 1.25. The second kappa shape index (κ2) is 4.01. The minimum Gasteiger partial charge on any atom is -0.387 e. The Kier molecular flexibility index (Phi) is 2.98. The molecule has 0 atom stereocenters. The van der Waals surface area contributed by atoms with Gasteiger partial charge in [-0.05, 0) is 22.0 Å². The lowest BCUT2D eigenvalue weighted by Crippen LogP contribution is -2.00. The van der Waals surface area contributed by atoms with Crippen molar-refractivity contribution in [2.45, 2.75) is 0 Å². The van der Waals surface area contributed by atoms with Crippen molar-refractivity contribution in [3.8, 4) is 6.07 Å². The average molecular weight is 239 g/mol. The zero-order chi connectivity index (χ0) is 9.84. The van der Waals surface area contributed by atoms with Crippen LogP contribution in [0.25, 0.3) is 0 Å². The van der Waals surface area contributed by atoms with E-state index in [1.807, 2.05) is 6.07 Å². The first-order chi connectivity index (χ1) is 6.19. The molecular formula is C8H7BrN4. The fourth-order valence-corrected chi connectivity index (χ4v) is 1.21. The quantitative estimate of drug-likeness (QED) is 0.771. The van der Waals surface area contributed by atoms with E-state index in [0.29, 0.717) is 16.9 Å². The molecule has 1 rings (SSSR count). The Labute approximate surface area is 84.2 Å². The molecule has 1 heterocycles. The number of nitriles is 1. The summed E-state index contributed by atoms with van der Waals surface area (Å²) >= 11 is 3.04. The highest BCUT2D eigenvalue weighted by Crippen LogP contribution is 2.17. The predicted molar refractivity (Wildman–Crippen MR) is 54.3 cm³/mol. The van der Waals surface area contributed by atoms with Gasteiger partial charge in [0.1, 0.15) is 16.4 Å². The molecular weight excluding hydrogens is 232 g/mol. The van der Waals surface area contributed by atoms with Gasteiger partial charge in [-0.3, -0.25) is 5.41 Å². The molecule has 0 amide bonds. The average Bonchev–Trinajstić information content (AvgIpc) is 2.16. The third-order valence-electron chi connectivity index (χ3n) is 1.52. The van der Waals surface area contributed by atoms with Crippen LogP contribution < -0.4 is 5.32 Å². The molecule has 0 unspecified atom stereocenters. The first-order valence-corrected chi connectivity index (χ1v) is 4.30. The number of anilines is 1. The summed E-state index contributed by atoms with van der Waals surface area (Å²) in [6.45, 7) is 0. The number of aromatic nitrogens is 1. The van der Waals surface area contributed by atoms with Gasteiger partial charge in [0.15, 0.2) is 0 Å². The molecule has 0 aliphatic rings. The van der Waals surface area contributed by atoms with Crippen LogP contribution in [0.4, 0.5) is 5.69 Å². The van der Waals surface area contributed by atoms with Gasteiger partial charge in [0.2, 0.25) is 0 Å². The molecule has 0 spiro atoms. The van der Waals surface area contributed by atoms with Crippen LogP contribution >= 0.6 is 15.9 Å². The van der Waals surface area contributed by atoms with Gasteiger partial charge < -0.3 is 5.32 Å². The Balaban J connectivity index is 3.25. The second-order valence-corrected chi connectivity index (χ2v) is 3.08. The fraction of sp³-hybridized carbons (Fsp3) is 0.125. The summed E-state index contributed by atoms with van der Waals surface area (Å²) < 4.78 is 0.244. The Morgan fingerprint density at radius 3 is 2.92 bits per heavy atom. The Morgan fingerprint density at radius 1 is 1.77 bits per heavy atom. The molecule has 1 aromatic rings. The molecule has 66 valence electrons. The monoisotopic (exact) mass is 238 g/mol. The zero-order valence-corrected chi connectivity index (χ0v) is 8.51. The van der Waals surface area contributed by atoms with Crippen molar-refractivity contribution >= 4 is 26.2 Å². The maximum absolute atomic E-state index is 8.58. The lowest BCUT2D eigenvalue weighted by atomic mass is 10.2. The molecule has 5 heteroatoms. The normalized spacial score (nSPS) is 9.00. The van der Waals surface area contributed by atoms with Crippen LogP contribution in [-0.4, -0.2) is 16.7 Å². The van der Waals surface area contributed by atoms with Gasteiger partial charge in [0.05, 0.1) is 0 Å². The summed E-state index contributed by atoms with van der Waals surface area (Å²) in [7, 11) is 1.73. The first-order valence-electron chi connectivity index (χ1n) is 3.51. The summed E-state index contributed by atoms with van der Waals surface area (Å²) in [5.74, 6) is 0.